The van der Waals surface area contributed by atoms with Crippen molar-refractivity contribution in [2.75, 3.05) is 16.4 Å². The van der Waals surface area contributed by atoms with E-state index >= 15 is 0 Å². The van der Waals surface area contributed by atoms with Crippen LogP contribution in [-0.4, -0.2) is 23.5 Å². The van der Waals surface area contributed by atoms with Crippen molar-refractivity contribution in [2.24, 2.45) is 0 Å². The lowest BCUT2D eigenvalue weighted by Gasteiger charge is -2.12. The molecular formula is C33H31N3O3S. The van der Waals surface area contributed by atoms with Crippen molar-refractivity contribution >= 4 is 46.9 Å². The zero-order valence-corrected chi connectivity index (χ0v) is 23.5. The molecule has 6 nitrogen and oxygen atoms in total. The maximum Gasteiger partial charge on any atom is 0.272 e. The van der Waals surface area contributed by atoms with Gasteiger partial charge in [-0.25, -0.2) is 0 Å². The number of amides is 3. The third-order valence-corrected chi connectivity index (χ3v) is 7.03. The average Bonchev–Trinajstić information content (AvgIpc) is 2.94. The van der Waals surface area contributed by atoms with Gasteiger partial charge in [0.05, 0.1) is 5.75 Å². The predicted octanol–water partition coefficient (Wildman–Crippen LogP) is 6.75. The molecule has 3 N–H and O–H groups in total. The first kappa shape index (κ1) is 28.4. The largest absolute Gasteiger partial charge is 0.325 e. The molecule has 0 unspecified atom stereocenters. The lowest BCUT2D eigenvalue weighted by molar-refractivity contribution is -0.114. The first-order valence-corrected chi connectivity index (χ1v) is 13.8. The van der Waals surface area contributed by atoms with Crippen LogP contribution in [0.15, 0.2) is 108 Å². The van der Waals surface area contributed by atoms with E-state index in [1.54, 1.807) is 42.5 Å². The van der Waals surface area contributed by atoms with Crippen molar-refractivity contribution in [3.05, 3.63) is 131 Å². The molecule has 7 heteroatoms. The van der Waals surface area contributed by atoms with Crippen LogP contribution in [0, 0.1) is 20.8 Å². The first-order chi connectivity index (χ1) is 19.3. The molecule has 3 amide bonds. The van der Waals surface area contributed by atoms with Gasteiger partial charge in [-0.1, -0.05) is 65.7 Å². The first-order valence-electron chi connectivity index (χ1n) is 12.8. The molecule has 0 fully saturated rings. The second-order valence-corrected chi connectivity index (χ2v) is 10.5. The Morgan fingerprint density at radius 2 is 1.48 bits per heavy atom. The summed E-state index contributed by atoms with van der Waals surface area (Å²) in [6.07, 6.45) is 1.65. The Morgan fingerprint density at radius 3 is 2.17 bits per heavy atom. The molecular weight excluding hydrogens is 518 g/mol. The third kappa shape index (κ3) is 8.19. The van der Waals surface area contributed by atoms with Crippen molar-refractivity contribution in [1.82, 2.24) is 5.32 Å². The highest BCUT2D eigenvalue weighted by atomic mass is 32.2. The van der Waals surface area contributed by atoms with E-state index in [-0.39, 0.29) is 23.3 Å². The Balaban J connectivity index is 1.40. The minimum absolute atomic E-state index is 0.0885. The summed E-state index contributed by atoms with van der Waals surface area (Å²) >= 11 is 1.41. The van der Waals surface area contributed by atoms with E-state index in [0.717, 1.165) is 32.8 Å². The molecule has 0 aliphatic carbocycles. The maximum absolute atomic E-state index is 13.2. The molecule has 4 aromatic rings. The number of benzene rings is 4. The number of hydrogen-bond donors (Lipinski definition) is 3. The molecule has 0 aromatic heterocycles. The van der Waals surface area contributed by atoms with Crippen LogP contribution < -0.4 is 16.0 Å². The minimum Gasteiger partial charge on any atom is -0.325 e. The summed E-state index contributed by atoms with van der Waals surface area (Å²) < 4.78 is 0. The van der Waals surface area contributed by atoms with E-state index in [9.17, 15) is 14.4 Å². The zero-order chi connectivity index (χ0) is 28.5. The molecule has 40 heavy (non-hydrogen) atoms. The van der Waals surface area contributed by atoms with Crippen molar-refractivity contribution in [3.63, 3.8) is 0 Å². The van der Waals surface area contributed by atoms with E-state index < -0.39 is 5.91 Å². The van der Waals surface area contributed by atoms with Crippen LogP contribution in [0.25, 0.3) is 6.08 Å². The standard InChI is InChI=1S/C33H31N3O3S/c1-22-8-7-9-25(19-22)20-30(36-32(38)26-10-5-4-6-11-26)33(39)34-27-13-15-28(16-14-27)40-21-31(37)35-29-17-12-23(2)18-24(29)3/h4-20H,21H2,1-3H3,(H,34,39)(H,35,37)(H,36,38)/b30-20-. The van der Waals surface area contributed by atoms with E-state index in [0.29, 0.717) is 11.3 Å². The predicted molar refractivity (Wildman–Crippen MR) is 163 cm³/mol. The highest BCUT2D eigenvalue weighted by Gasteiger charge is 2.15. The van der Waals surface area contributed by atoms with Gasteiger partial charge in [-0.2, -0.15) is 0 Å². The number of rotatable bonds is 9. The fourth-order valence-corrected chi connectivity index (χ4v) is 4.69. The van der Waals surface area contributed by atoms with Gasteiger partial charge in [-0.15, -0.1) is 11.8 Å². The summed E-state index contributed by atoms with van der Waals surface area (Å²) in [5.41, 5.74) is 5.96. The third-order valence-electron chi connectivity index (χ3n) is 6.02. The highest BCUT2D eigenvalue weighted by Crippen LogP contribution is 2.22. The fourth-order valence-electron chi connectivity index (χ4n) is 3.99. The highest BCUT2D eigenvalue weighted by molar-refractivity contribution is 8.00. The monoisotopic (exact) mass is 549 g/mol. The van der Waals surface area contributed by atoms with Crippen LogP contribution in [0.2, 0.25) is 0 Å². The molecule has 4 rings (SSSR count). The quantitative estimate of drug-likeness (QED) is 0.159. The van der Waals surface area contributed by atoms with Crippen LogP contribution >= 0.6 is 11.8 Å². The summed E-state index contributed by atoms with van der Waals surface area (Å²) in [4.78, 5) is 39.4. The van der Waals surface area contributed by atoms with Crippen LogP contribution in [-0.2, 0) is 9.59 Å². The molecule has 202 valence electrons. The lowest BCUT2D eigenvalue weighted by atomic mass is 10.1. The second kappa shape index (κ2) is 13.4. The molecule has 0 radical (unpaired) electrons. The van der Waals surface area contributed by atoms with E-state index in [4.69, 9.17) is 0 Å². The van der Waals surface area contributed by atoms with Gasteiger partial charge >= 0.3 is 0 Å². The smallest absolute Gasteiger partial charge is 0.272 e. The molecule has 0 saturated carbocycles. The van der Waals surface area contributed by atoms with Gasteiger partial charge in [0.15, 0.2) is 0 Å². The van der Waals surface area contributed by atoms with Gasteiger partial charge in [-0.3, -0.25) is 14.4 Å². The normalized spacial score (nSPS) is 11.0. The average molecular weight is 550 g/mol. The van der Waals surface area contributed by atoms with Crippen molar-refractivity contribution in [3.8, 4) is 0 Å². The summed E-state index contributed by atoms with van der Waals surface area (Å²) in [5.74, 6) is -0.651. The molecule has 0 aliphatic rings. The van der Waals surface area contributed by atoms with Gasteiger partial charge in [0.25, 0.3) is 11.8 Å². The summed E-state index contributed by atoms with van der Waals surface area (Å²) in [5, 5.41) is 8.56. The van der Waals surface area contributed by atoms with Gasteiger partial charge in [0.2, 0.25) is 5.91 Å². The number of anilines is 2. The Kier molecular flexibility index (Phi) is 9.54. The Hall–Kier alpha value is -4.62. The number of carbonyl (C=O) groups excluding carboxylic acids is 3. The second-order valence-electron chi connectivity index (χ2n) is 9.43. The van der Waals surface area contributed by atoms with Crippen LogP contribution in [0.1, 0.15) is 32.6 Å². The lowest BCUT2D eigenvalue weighted by Crippen LogP contribution is -2.30. The molecule has 0 heterocycles. The van der Waals surface area contributed by atoms with Gasteiger partial charge in [0.1, 0.15) is 5.70 Å². The number of aryl methyl sites for hydroxylation is 3. The van der Waals surface area contributed by atoms with E-state index in [2.05, 4.69) is 16.0 Å². The van der Waals surface area contributed by atoms with Crippen LogP contribution in [0.5, 0.6) is 0 Å². The minimum atomic E-state index is -0.445. The SMILES string of the molecule is Cc1cccc(/C=C(\NC(=O)c2ccccc2)C(=O)Nc2ccc(SCC(=O)Nc3ccc(C)cc3C)cc2)c1. The van der Waals surface area contributed by atoms with Gasteiger partial charge < -0.3 is 16.0 Å². The maximum atomic E-state index is 13.2. The van der Waals surface area contributed by atoms with Crippen LogP contribution in [0.4, 0.5) is 11.4 Å². The Bertz CT molecular complexity index is 1550. The van der Waals surface area contributed by atoms with Crippen molar-refractivity contribution in [2.45, 2.75) is 25.7 Å². The topological polar surface area (TPSA) is 87.3 Å². The number of thioether (sulfide) groups is 1. The van der Waals surface area contributed by atoms with Gasteiger partial charge in [-0.05, 0) is 80.4 Å². The zero-order valence-electron chi connectivity index (χ0n) is 22.7. The Morgan fingerprint density at radius 1 is 0.750 bits per heavy atom. The van der Waals surface area contributed by atoms with Crippen molar-refractivity contribution in [1.29, 1.82) is 0 Å². The summed E-state index contributed by atoms with van der Waals surface area (Å²) in [6, 6.07) is 29.6. The number of nitrogens with one attached hydrogen (secondary N) is 3. The number of carbonyl (C=O) groups is 3. The molecule has 4 aromatic carbocycles. The van der Waals surface area contributed by atoms with E-state index in [1.165, 1.54) is 11.8 Å². The molecule has 0 bridgehead atoms. The summed E-state index contributed by atoms with van der Waals surface area (Å²) in [6.45, 7) is 5.95. The van der Waals surface area contributed by atoms with Crippen LogP contribution in [0.3, 0.4) is 0 Å². The van der Waals surface area contributed by atoms with E-state index in [1.807, 2.05) is 81.4 Å². The molecule has 0 aliphatic heterocycles. The molecule has 0 saturated heterocycles. The van der Waals surface area contributed by atoms with Crippen molar-refractivity contribution < 1.29 is 14.4 Å². The Labute approximate surface area is 238 Å². The molecule has 0 spiro atoms. The van der Waals surface area contributed by atoms with Gasteiger partial charge in [0, 0.05) is 21.8 Å². The summed E-state index contributed by atoms with van der Waals surface area (Å²) in [7, 11) is 0. The molecule has 0 atom stereocenters. The number of hydrogen-bond acceptors (Lipinski definition) is 4. The fraction of sp³-hybridized carbons (Fsp3) is 0.121.